The molecule has 0 aromatic heterocycles. The predicted octanol–water partition coefficient (Wildman–Crippen LogP) is 2.25. The van der Waals surface area contributed by atoms with E-state index in [4.69, 9.17) is 0 Å². The topological polar surface area (TPSA) is 59.4 Å². The average molecular weight is 340 g/mol. The molecule has 2 heterocycles. The number of nitrogens with one attached hydrogen (secondary N) is 1. The molecule has 2 atom stereocenters. The second-order valence-corrected chi connectivity index (χ2v) is 7.93. The lowest BCUT2D eigenvalue weighted by atomic mass is 9.86. The van der Waals surface area contributed by atoms with Crippen molar-refractivity contribution in [2.75, 3.05) is 31.1 Å². The Labute approximate surface area is 150 Å². The zero-order valence-corrected chi connectivity index (χ0v) is 15.7. The number of nitriles is 1. The molecule has 25 heavy (non-hydrogen) atoms. The van der Waals surface area contributed by atoms with Gasteiger partial charge in [-0.05, 0) is 31.0 Å². The minimum absolute atomic E-state index is 0.0893. The van der Waals surface area contributed by atoms with Gasteiger partial charge in [0, 0.05) is 43.3 Å². The van der Waals surface area contributed by atoms with Crippen molar-refractivity contribution < 1.29 is 4.79 Å². The number of piperazine rings is 1. The van der Waals surface area contributed by atoms with E-state index in [-0.39, 0.29) is 17.4 Å². The molecule has 2 aliphatic heterocycles. The molecule has 5 nitrogen and oxygen atoms in total. The molecule has 1 amide bonds. The van der Waals surface area contributed by atoms with Crippen LogP contribution in [-0.2, 0) is 10.2 Å². The Balaban J connectivity index is 1.91. The van der Waals surface area contributed by atoms with Gasteiger partial charge in [0.15, 0.2) is 0 Å². The fraction of sp³-hybridized carbons (Fsp3) is 0.600. The molecule has 0 aliphatic carbocycles. The summed E-state index contributed by atoms with van der Waals surface area (Å²) in [6, 6.07) is 8.24. The van der Waals surface area contributed by atoms with E-state index < -0.39 is 0 Å². The van der Waals surface area contributed by atoms with Crippen LogP contribution in [0.15, 0.2) is 18.2 Å². The maximum Gasteiger partial charge on any atom is 0.244 e. The van der Waals surface area contributed by atoms with Crippen molar-refractivity contribution in [3.8, 4) is 6.07 Å². The third kappa shape index (κ3) is 3.29. The molecule has 0 saturated carbocycles. The number of carbonyl (C=O) groups is 1. The Hall–Kier alpha value is -1.90. The normalized spacial score (nSPS) is 23.8. The van der Waals surface area contributed by atoms with Gasteiger partial charge in [0.2, 0.25) is 5.91 Å². The van der Waals surface area contributed by atoms with Gasteiger partial charge in [-0.25, -0.2) is 0 Å². The molecular weight excluding hydrogens is 312 g/mol. The summed E-state index contributed by atoms with van der Waals surface area (Å²) < 4.78 is 0. The lowest BCUT2D eigenvalue weighted by molar-refractivity contribution is -0.124. The van der Waals surface area contributed by atoms with Crippen molar-refractivity contribution in [1.82, 2.24) is 10.2 Å². The van der Waals surface area contributed by atoms with Crippen molar-refractivity contribution in [3.05, 3.63) is 29.3 Å². The van der Waals surface area contributed by atoms with Gasteiger partial charge in [-0.15, -0.1) is 0 Å². The van der Waals surface area contributed by atoms with Gasteiger partial charge < -0.3 is 10.2 Å². The number of hydrogen-bond acceptors (Lipinski definition) is 4. The maximum absolute atomic E-state index is 13.4. The lowest BCUT2D eigenvalue weighted by Gasteiger charge is -2.38. The number of benzene rings is 1. The number of rotatable bonds is 3. The van der Waals surface area contributed by atoms with E-state index in [2.05, 4.69) is 44.0 Å². The molecule has 5 heteroatoms. The summed E-state index contributed by atoms with van der Waals surface area (Å²) in [5.74, 6) is 0.165. The average Bonchev–Trinajstić information content (AvgIpc) is 2.86. The van der Waals surface area contributed by atoms with Gasteiger partial charge in [-0.3, -0.25) is 9.69 Å². The van der Waals surface area contributed by atoms with Crippen LogP contribution in [0.2, 0.25) is 0 Å². The van der Waals surface area contributed by atoms with Crippen LogP contribution >= 0.6 is 0 Å². The van der Waals surface area contributed by atoms with Gasteiger partial charge in [-0.2, -0.15) is 5.26 Å². The minimum Gasteiger partial charge on any atom is -0.312 e. The van der Waals surface area contributed by atoms with Crippen LogP contribution < -0.4 is 10.2 Å². The summed E-state index contributed by atoms with van der Waals surface area (Å²) in [5.41, 5.74) is 2.59. The predicted molar refractivity (Wildman–Crippen MR) is 99.7 cm³/mol. The lowest BCUT2D eigenvalue weighted by Crippen LogP contribution is -2.57. The number of fused-ring (bicyclic) bond motifs is 1. The van der Waals surface area contributed by atoms with Gasteiger partial charge in [0.1, 0.15) is 0 Å². The monoisotopic (exact) mass is 340 g/mol. The first-order valence-electron chi connectivity index (χ1n) is 9.21. The van der Waals surface area contributed by atoms with Crippen LogP contribution in [0, 0.1) is 11.3 Å². The molecule has 2 aliphatic rings. The first-order chi connectivity index (χ1) is 11.9. The summed E-state index contributed by atoms with van der Waals surface area (Å²) in [6.45, 7) is 12.0. The number of nitrogens with zero attached hydrogens (tertiary/aromatic N) is 3. The molecule has 0 spiro atoms. The van der Waals surface area contributed by atoms with Crippen molar-refractivity contribution in [3.63, 3.8) is 0 Å². The van der Waals surface area contributed by atoms with Gasteiger partial charge in [0.25, 0.3) is 0 Å². The number of amides is 1. The van der Waals surface area contributed by atoms with Crippen LogP contribution in [0.5, 0.6) is 0 Å². The molecule has 1 fully saturated rings. The number of hydrogen-bond donors (Lipinski definition) is 1. The largest absolute Gasteiger partial charge is 0.312 e. The standard InChI is InChI=1S/C20H28N4O/c1-5-17(23-9-8-22-14(2)12-23)19(25)24-13-20(3,4)16-7-6-15(11-21)10-18(16)24/h6-7,10,14,17,22H,5,8-9,12-13H2,1-4H3/t14-,17?/m1/s1. The molecule has 134 valence electrons. The third-order valence-corrected chi connectivity index (χ3v) is 5.48. The van der Waals surface area contributed by atoms with Crippen LogP contribution in [-0.4, -0.2) is 49.1 Å². The summed E-state index contributed by atoms with van der Waals surface area (Å²) >= 11 is 0. The van der Waals surface area contributed by atoms with E-state index in [0.29, 0.717) is 18.2 Å². The van der Waals surface area contributed by atoms with Gasteiger partial charge in [-0.1, -0.05) is 26.8 Å². The quantitative estimate of drug-likeness (QED) is 0.917. The van der Waals surface area contributed by atoms with E-state index in [1.54, 1.807) is 0 Å². The first-order valence-corrected chi connectivity index (χ1v) is 9.21. The molecule has 1 aromatic rings. The highest BCUT2D eigenvalue weighted by Crippen LogP contribution is 2.41. The first kappa shape index (κ1) is 17.9. The number of anilines is 1. The molecule has 1 N–H and O–H groups in total. The molecule has 1 aromatic carbocycles. The van der Waals surface area contributed by atoms with Gasteiger partial charge in [0.05, 0.1) is 17.7 Å². The third-order valence-electron chi connectivity index (χ3n) is 5.48. The van der Waals surface area contributed by atoms with Crippen LogP contribution in [0.1, 0.15) is 45.2 Å². The highest BCUT2D eigenvalue weighted by Gasteiger charge is 2.41. The van der Waals surface area contributed by atoms with Crippen LogP contribution in [0.3, 0.4) is 0 Å². The fourth-order valence-corrected chi connectivity index (χ4v) is 4.17. The van der Waals surface area contributed by atoms with E-state index in [9.17, 15) is 10.1 Å². The van der Waals surface area contributed by atoms with E-state index in [0.717, 1.165) is 37.3 Å². The van der Waals surface area contributed by atoms with E-state index >= 15 is 0 Å². The van der Waals surface area contributed by atoms with Crippen molar-refractivity contribution in [2.45, 2.75) is 51.6 Å². The van der Waals surface area contributed by atoms with Gasteiger partial charge >= 0.3 is 0 Å². The Morgan fingerprint density at radius 2 is 2.24 bits per heavy atom. The zero-order chi connectivity index (χ0) is 18.2. The van der Waals surface area contributed by atoms with Crippen molar-refractivity contribution in [2.24, 2.45) is 0 Å². The Kier molecular flexibility index (Phi) is 4.86. The molecule has 0 bridgehead atoms. The summed E-state index contributed by atoms with van der Waals surface area (Å²) in [7, 11) is 0. The number of carbonyl (C=O) groups excluding carboxylic acids is 1. The van der Waals surface area contributed by atoms with E-state index in [1.807, 2.05) is 23.1 Å². The summed E-state index contributed by atoms with van der Waals surface area (Å²) in [4.78, 5) is 17.6. The highest BCUT2D eigenvalue weighted by molar-refractivity contribution is 5.99. The minimum atomic E-state index is -0.1000. The zero-order valence-electron chi connectivity index (χ0n) is 15.7. The van der Waals surface area contributed by atoms with Crippen LogP contribution in [0.4, 0.5) is 5.69 Å². The Morgan fingerprint density at radius 3 is 2.88 bits per heavy atom. The molecule has 0 radical (unpaired) electrons. The summed E-state index contributed by atoms with van der Waals surface area (Å²) in [6.07, 6.45) is 0.801. The summed E-state index contributed by atoms with van der Waals surface area (Å²) in [5, 5.41) is 12.7. The second kappa shape index (κ2) is 6.78. The molecule has 3 rings (SSSR count). The smallest absolute Gasteiger partial charge is 0.244 e. The Morgan fingerprint density at radius 1 is 1.48 bits per heavy atom. The Bertz CT molecular complexity index is 706. The van der Waals surface area contributed by atoms with Crippen molar-refractivity contribution >= 4 is 11.6 Å². The van der Waals surface area contributed by atoms with Crippen LogP contribution in [0.25, 0.3) is 0 Å². The molecular formula is C20H28N4O. The maximum atomic E-state index is 13.4. The molecule has 1 unspecified atom stereocenters. The highest BCUT2D eigenvalue weighted by atomic mass is 16.2. The van der Waals surface area contributed by atoms with E-state index in [1.165, 1.54) is 0 Å². The SMILES string of the molecule is CCC(C(=O)N1CC(C)(C)c2ccc(C#N)cc21)N1CCN[C@H](C)C1. The second-order valence-electron chi connectivity index (χ2n) is 7.93. The fourth-order valence-electron chi connectivity index (χ4n) is 4.17. The molecule has 1 saturated heterocycles. The van der Waals surface area contributed by atoms with Crippen molar-refractivity contribution in [1.29, 1.82) is 5.26 Å².